The minimum atomic E-state index is -0.689. The Kier molecular flexibility index (Phi) is 9.71. The lowest BCUT2D eigenvalue weighted by atomic mass is 9.74. The molecule has 0 spiro atoms. The Balaban J connectivity index is 1.80. The summed E-state index contributed by atoms with van der Waals surface area (Å²) in [5, 5.41) is 8.53. The maximum absolute atomic E-state index is 13.0. The van der Waals surface area contributed by atoms with E-state index in [2.05, 4.69) is 31.2 Å². The van der Waals surface area contributed by atoms with Crippen LogP contribution in [0.3, 0.4) is 0 Å². The van der Waals surface area contributed by atoms with Crippen LogP contribution in [0.1, 0.15) is 94.6 Å². The van der Waals surface area contributed by atoms with Crippen LogP contribution in [0.2, 0.25) is 0 Å². The number of unbranched alkanes of at least 4 members (excludes halogenated alkanes) is 4. The zero-order valence-electron chi connectivity index (χ0n) is 17.7. The van der Waals surface area contributed by atoms with E-state index in [1.807, 2.05) is 0 Å². The quantitative estimate of drug-likeness (QED) is 0.294. The molecule has 28 heavy (non-hydrogen) atoms. The third-order valence-corrected chi connectivity index (χ3v) is 6.38. The molecule has 0 saturated heterocycles. The molecule has 1 aliphatic carbocycles. The minimum Gasteiger partial charge on any atom is -0.378 e. The van der Waals surface area contributed by atoms with Crippen LogP contribution in [-0.2, 0) is 11.2 Å². The molecule has 0 radical (unpaired) electrons. The molecule has 0 aliphatic heterocycles. The van der Waals surface area contributed by atoms with Crippen LogP contribution in [0.25, 0.3) is 0 Å². The fourth-order valence-corrected chi connectivity index (χ4v) is 4.43. The number of ether oxygens (including phenoxy) is 1. The Morgan fingerprint density at radius 2 is 1.86 bits per heavy atom. The number of aryl methyl sites for hydroxylation is 1. The van der Waals surface area contributed by atoms with Crippen molar-refractivity contribution in [1.82, 2.24) is 0 Å². The summed E-state index contributed by atoms with van der Waals surface area (Å²) in [5.74, 6) is -0.0985. The molecule has 1 aromatic rings. The van der Waals surface area contributed by atoms with E-state index in [9.17, 15) is 4.39 Å². The molecule has 0 bridgehead atoms. The molecule has 0 unspecified atom stereocenters. The highest BCUT2D eigenvalue weighted by molar-refractivity contribution is 5.26. The zero-order valence-corrected chi connectivity index (χ0v) is 17.7. The fourth-order valence-electron chi connectivity index (χ4n) is 4.43. The molecule has 2 nitrogen and oxygen atoms in total. The Bertz CT molecular complexity index is 636. The molecule has 0 atom stereocenters. The summed E-state index contributed by atoms with van der Waals surface area (Å²) in [6.07, 6.45) is 14.8. The van der Waals surface area contributed by atoms with Gasteiger partial charge in [0, 0.05) is 7.11 Å². The number of allylic oxidation sites excluding steroid dienone is 2. The van der Waals surface area contributed by atoms with Crippen LogP contribution >= 0.6 is 0 Å². The summed E-state index contributed by atoms with van der Waals surface area (Å²) in [5.41, 5.74) is 2.73. The first-order valence-corrected chi connectivity index (χ1v) is 11.0. The number of halogens is 1. The van der Waals surface area contributed by atoms with Gasteiger partial charge in [-0.25, -0.2) is 0 Å². The van der Waals surface area contributed by atoms with Gasteiger partial charge in [0.25, 0.3) is 0 Å². The molecule has 0 heterocycles. The first-order valence-electron chi connectivity index (χ1n) is 11.0. The van der Waals surface area contributed by atoms with E-state index in [0.29, 0.717) is 12.3 Å². The second-order valence-electron chi connectivity index (χ2n) is 8.27. The summed E-state index contributed by atoms with van der Waals surface area (Å²) < 4.78 is 18.9. The number of benzene rings is 1. The minimum absolute atomic E-state index is 0.166. The van der Waals surface area contributed by atoms with Crippen LogP contribution in [-0.4, -0.2) is 12.7 Å². The van der Waals surface area contributed by atoms with E-state index < -0.39 is 5.83 Å². The van der Waals surface area contributed by atoms with Gasteiger partial charge in [0.1, 0.15) is 6.07 Å². The second kappa shape index (κ2) is 12.0. The molecule has 2 rings (SSSR count). The molecular weight excluding hydrogens is 349 g/mol. The number of hydrogen-bond acceptors (Lipinski definition) is 2. The smallest absolute Gasteiger partial charge is 0.196 e. The van der Waals surface area contributed by atoms with E-state index in [-0.39, 0.29) is 5.60 Å². The van der Waals surface area contributed by atoms with Gasteiger partial charge in [0.15, 0.2) is 5.83 Å². The Morgan fingerprint density at radius 1 is 1.18 bits per heavy atom. The van der Waals surface area contributed by atoms with Crippen LogP contribution in [0, 0.1) is 11.3 Å². The first-order chi connectivity index (χ1) is 13.6. The Labute approximate surface area is 170 Å². The molecule has 0 aromatic heterocycles. The molecule has 154 valence electrons. The van der Waals surface area contributed by atoms with Gasteiger partial charge < -0.3 is 4.74 Å². The van der Waals surface area contributed by atoms with Crippen LogP contribution in [0.5, 0.6) is 0 Å². The van der Waals surface area contributed by atoms with Crippen molar-refractivity contribution in [2.75, 3.05) is 7.11 Å². The molecule has 3 heteroatoms. The Hall–Kier alpha value is -1.66. The first kappa shape index (κ1) is 22.6. The molecular formula is C25H36FNO. The monoisotopic (exact) mass is 385 g/mol. The maximum atomic E-state index is 13.0. The number of nitrogens with zero attached hydrogens (tertiary/aromatic N) is 1. The largest absolute Gasteiger partial charge is 0.378 e. The van der Waals surface area contributed by atoms with Crippen LogP contribution < -0.4 is 0 Å². The number of methoxy groups -OCH3 is 1. The predicted octanol–water partition coefficient (Wildman–Crippen LogP) is 7.40. The standard InChI is InChI=1S/C25H36FNO/c1-3-4-5-6-7-9-21-11-13-22(14-12-21)23-15-18-25(28-2,19-16-23)17-8-10-24(26)20-27/h10-14,23H,3-9,15-19H2,1-2H3/t23-,25+. The van der Waals surface area contributed by atoms with Crippen molar-refractivity contribution >= 4 is 0 Å². The van der Waals surface area contributed by atoms with Crippen molar-refractivity contribution in [2.45, 2.75) is 95.5 Å². The summed E-state index contributed by atoms with van der Waals surface area (Å²) in [6.45, 7) is 2.26. The normalized spacial score (nSPS) is 22.8. The lowest BCUT2D eigenvalue weighted by Gasteiger charge is -2.39. The summed E-state index contributed by atoms with van der Waals surface area (Å²) in [7, 11) is 1.76. The van der Waals surface area contributed by atoms with E-state index in [0.717, 1.165) is 32.1 Å². The SMILES string of the molecule is CCCCCCCc1ccc([C@H]2CC[C@@](CCC=C(F)C#N)(OC)CC2)cc1. The molecule has 1 saturated carbocycles. The highest BCUT2D eigenvalue weighted by Crippen LogP contribution is 2.42. The van der Waals surface area contributed by atoms with Crippen molar-refractivity contribution in [2.24, 2.45) is 0 Å². The lowest BCUT2D eigenvalue weighted by molar-refractivity contribution is -0.0483. The molecule has 0 amide bonds. The second-order valence-corrected chi connectivity index (χ2v) is 8.27. The van der Waals surface area contributed by atoms with Gasteiger partial charge >= 0.3 is 0 Å². The van der Waals surface area contributed by atoms with E-state index in [1.54, 1.807) is 13.2 Å². The number of hydrogen-bond donors (Lipinski definition) is 0. The van der Waals surface area contributed by atoms with Crippen LogP contribution in [0.15, 0.2) is 36.2 Å². The fraction of sp³-hybridized carbons (Fsp3) is 0.640. The number of nitriles is 1. The van der Waals surface area contributed by atoms with Crippen LogP contribution in [0.4, 0.5) is 4.39 Å². The zero-order chi connectivity index (χ0) is 20.2. The van der Waals surface area contributed by atoms with E-state index in [4.69, 9.17) is 10.00 Å². The highest BCUT2D eigenvalue weighted by atomic mass is 19.1. The van der Waals surface area contributed by atoms with Crippen molar-refractivity contribution in [3.63, 3.8) is 0 Å². The molecule has 0 N–H and O–H groups in total. The van der Waals surface area contributed by atoms with Gasteiger partial charge in [-0.2, -0.15) is 9.65 Å². The van der Waals surface area contributed by atoms with Crippen molar-refractivity contribution in [3.8, 4) is 6.07 Å². The van der Waals surface area contributed by atoms with Crippen molar-refractivity contribution in [3.05, 3.63) is 47.3 Å². The molecule has 1 aliphatic rings. The summed E-state index contributed by atoms with van der Waals surface area (Å²) in [6, 6.07) is 10.8. The lowest BCUT2D eigenvalue weighted by Crippen LogP contribution is -2.35. The molecule has 1 fully saturated rings. The van der Waals surface area contributed by atoms with Gasteiger partial charge in [-0.1, -0.05) is 56.9 Å². The third kappa shape index (κ3) is 7.06. The third-order valence-electron chi connectivity index (χ3n) is 6.38. The van der Waals surface area contributed by atoms with Gasteiger partial charge in [-0.05, 0) is 74.5 Å². The van der Waals surface area contributed by atoms with Gasteiger partial charge in [0.2, 0.25) is 0 Å². The summed E-state index contributed by atoms with van der Waals surface area (Å²) in [4.78, 5) is 0. The van der Waals surface area contributed by atoms with Gasteiger partial charge in [-0.3, -0.25) is 0 Å². The topological polar surface area (TPSA) is 33.0 Å². The van der Waals surface area contributed by atoms with E-state index in [1.165, 1.54) is 55.7 Å². The molecule has 1 aromatic carbocycles. The van der Waals surface area contributed by atoms with Gasteiger partial charge in [-0.15, -0.1) is 0 Å². The van der Waals surface area contributed by atoms with Gasteiger partial charge in [0.05, 0.1) is 5.60 Å². The van der Waals surface area contributed by atoms with E-state index >= 15 is 0 Å². The highest BCUT2D eigenvalue weighted by Gasteiger charge is 2.35. The maximum Gasteiger partial charge on any atom is 0.196 e. The Morgan fingerprint density at radius 3 is 2.46 bits per heavy atom. The average molecular weight is 386 g/mol. The van der Waals surface area contributed by atoms with Crippen molar-refractivity contribution in [1.29, 1.82) is 5.26 Å². The predicted molar refractivity (Wildman–Crippen MR) is 114 cm³/mol. The van der Waals surface area contributed by atoms with Crippen molar-refractivity contribution < 1.29 is 9.13 Å². The number of rotatable bonds is 11. The summed E-state index contributed by atoms with van der Waals surface area (Å²) >= 11 is 0. The average Bonchev–Trinajstić information content (AvgIpc) is 2.74.